The van der Waals surface area contributed by atoms with E-state index in [0.717, 1.165) is 24.9 Å². The summed E-state index contributed by atoms with van der Waals surface area (Å²) in [4.78, 5) is 15.4. The Bertz CT molecular complexity index is 1510. The van der Waals surface area contributed by atoms with Crippen LogP contribution in [0.15, 0.2) is 95.6 Å². The zero-order valence-corrected chi connectivity index (χ0v) is 25.7. The molecule has 0 saturated heterocycles. The van der Waals surface area contributed by atoms with Gasteiger partial charge in [0.25, 0.3) is 5.91 Å². The third-order valence-electron chi connectivity index (χ3n) is 7.39. The summed E-state index contributed by atoms with van der Waals surface area (Å²) < 4.78 is 3.68. The molecule has 3 atom stereocenters. The van der Waals surface area contributed by atoms with Crippen molar-refractivity contribution in [1.82, 2.24) is 15.0 Å². The maximum Gasteiger partial charge on any atom is 0.264 e. The Kier molecular flexibility index (Phi) is 8.84. The van der Waals surface area contributed by atoms with Crippen molar-refractivity contribution in [2.75, 3.05) is 11.5 Å². The second kappa shape index (κ2) is 12.3. The Labute approximate surface area is 255 Å². The average Bonchev–Trinajstić information content (AvgIpc) is 3.51. The van der Waals surface area contributed by atoms with Gasteiger partial charge in [0.1, 0.15) is 0 Å². The van der Waals surface area contributed by atoms with E-state index in [1.54, 1.807) is 9.58 Å². The molecule has 2 N–H and O–H groups in total. The van der Waals surface area contributed by atoms with Crippen LogP contribution >= 0.6 is 38.5 Å². The van der Waals surface area contributed by atoms with E-state index in [2.05, 4.69) is 48.8 Å². The van der Waals surface area contributed by atoms with Crippen LogP contribution in [0, 0.1) is 9.49 Å². The smallest absolute Gasteiger partial charge is 0.264 e. The highest BCUT2D eigenvalue weighted by Crippen LogP contribution is 2.46. The summed E-state index contributed by atoms with van der Waals surface area (Å²) in [5.41, 5.74) is 2.35. The third-order valence-corrected chi connectivity index (χ3v) is 8.60. The van der Waals surface area contributed by atoms with Crippen LogP contribution in [0.25, 0.3) is 0 Å². The number of rotatable bonds is 10. The standard InChI is InChI=1S/C31H30BrIN4O3/c1-21(7-5-6-16-36-19-28(34-35-36)26(20-38)23-8-3-2-4-9-23)31(40)27-17-24(32)12-15-29(27)37(30(31)39)18-22-10-13-25(33)14-11-22/h2-5,7-15,17,19,21,26,38,40H,6,16,18,20H2,1H3/b7-5+/t21-,26?,31+/m1/s1. The second-order valence-corrected chi connectivity index (χ2v) is 12.2. The van der Waals surface area contributed by atoms with Crippen LogP contribution in [0.3, 0.4) is 0 Å². The fourth-order valence-corrected chi connectivity index (χ4v) is 5.85. The molecule has 3 aromatic carbocycles. The Morgan fingerprint density at radius 2 is 1.85 bits per heavy atom. The van der Waals surface area contributed by atoms with Crippen LogP contribution < -0.4 is 4.90 Å². The minimum atomic E-state index is -1.68. The second-order valence-electron chi connectivity index (χ2n) is 10.0. The number of carbonyl (C=O) groups excluding carboxylic acids is 1. The number of aromatic nitrogens is 3. The molecule has 0 spiro atoms. The fourth-order valence-electron chi connectivity index (χ4n) is 5.13. The lowest BCUT2D eigenvalue weighted by molar-refractivity contribution is -0.139. The fraction of sp³-hybridized carbons (Fsp3) is 0.258. The Morgan fingerprint density at radius 1 is 1.10 bits per heavy atom. The average molecular weight is 713 g/mol. The molecule has 1 amide bonds. The number of amides is 1. The van der Waals surface area contributed by atoms with E-state index in [0.29, 0.717) is 30.8 Å². The van der Waals surface area contributed by atoms with Gasteiger partial charge in [-0.25, -0.2) is 0 Å². The van der Waals surface area contributed by atoms with Crippen molar-refractivity contribution in [1.29, 1.82) is 0 Å². The van der Waals surface area contributed by atoms with Crippen molar-refractivity contribution in [3.63, 3.8) is 0 Å². The van der Waals surface area contributed by atoms with Crippen molar-refractivity contribution in [3.8, 4) is 0 Å². The number of halogens is 2. The number of hydrogen-bond acceptors (Lipinski definition) is 5. The summed E-state index contributed by atoms with van der Waals surface area (Å²) in [7, 11) is 0. The van der Waals surface area contributed by atoms with Gasteiger partial charge in [0.05, 0.1) is 30.5 Å². The molecule has 1 aliphatic rings. The molecular formula is C31H30BrIN4O3. The van der Waals surface area contributed by atoms with E-state index in [-0.39, 0.29) is 18.4 Å². The number of nitrogens with zero attached hydrogens (tertiary/aromatic N) is 4. The van der Waals surface area contributed by atoms with Crippen molar-refractivity contribution in [3.05, 3.63) is 122 Å². The van der Waals surface area contributed by atoms with Gasteiger partial charge in [-0.2, -0.15) is 0 Å². The van der Waals surface area contributed by atoms with Crippen LogP contribution in [-0.4, -0.2) is 37.7 Å². The molecule has 5 rings (SSSR count). The number of aliphatic hydroxyl groups excluding tert-OH is 1. The van der Waals surface area contributed by atoms with Gasteiger partial charge >= 0.3 is 0 Å². The van der Waals surface area contributed by atoms with Crippen LogP contribution in [0.4, 0.5) is 5.69 Å². The molecular weight excluding hydrogens is 683 g/mol. The molecule has 0 fully saturated rings. The summed E-state index contributed by atoms with van der Waals surface area (Å²) in [6, 6.07) is 23.4. The molecule has 0 bridgehead atoms. The first-order valence-corrected chi connectivity index (χ1v) is 15.0. The Morgan fingerprint density at radius 3 is 2.58 bits per heavy atom. The van der Waals surface area contributed by atoms with Crippen LogP contribution in [-0.2, 0) is 23.5 Å². The lowest BCUT2D eigenvalue weighted by Crippen LogP contribution is -2.44. The topological polar surface area (TPSA) is 91.5 Å². The predicted octanol–water partition coefficient (Wildman–Crippen LogP) is 5.79. The number of carbonyl (C=O) groups is 1. The van der Waals surface area contributed by atoms with E-state index in [1.807, 2.05) is 98.1 Å². The summed E-state index contributed by atoms with van der Waals surface area (Å²) in [5.74, 6) is -1.01. The molecule has 206 valence electrons. The van der Waals surface area contributed by atoms with E-state index in [9.17, 15) is 15.0 Å². The quantitative estimate of drug-likeness (QED) is 0.161. The summed E-state index contributed by atoms with van der Waals surface area (Å²) in [6.45, 7) is 2.78. The van der Waals surface area contributed by atoms with Crippen molar-refractivity contribution in [2.24, 2.45) is 5.92 Å². The highest BCUT2D eigenvalue weighted by Gasteiger charge is 2.52. The highest BCUT2D eigenvalue weighted by atomic mass is 127. The SMILES string of the molecule is C[C@H](/C=C/CCn1cc(C(CO)c2ccccc2)nn1)[C@@]1(O)C(=O)N(Cc2ccc(I)cc2)c2ccc(Br)cc21. The first-order chi connectivity index (χ1) is 19.3. The number of aliphatic hydroxyl groups is 2. The number of allylic oxidation sites excluding steroid dienone is 1. The minimum Gasteiger partial charge on any atom is -0.395 e. The summed E-state index contributed by atoms with van der Waals surface area (Å²) in [5, 5.41) is 30.3. The zero-order valence-electron chi connectivity index (χ0n) is 22.0. The monoisotopic (exact) mass is 712 g/mol. The van der Waals surface area contributed by atoms with Crippen LogP contribution in [0.2, 0.25) is 0 Å². The van der Waals surface area contributed by atoms with Gasteiger partial charge in [-0.05, 0) is 70.5 Å². The maximum atomic E-state index is 13.8. The summed E-state index contributed by atoms with van der Waals surface area (Å²) in [6.07, 6.45) is 6.37. The van der Waals surface area contributed by atoms with E-state index in [1.165, 1.54) is 0 Å². The number of benzene rings is 3. The number of fused-ring (bicyclic) bond motifs is 1. The molecule has 1 unspecified atom stereocenters. The number of anilines is 1. The molecule has 9 heteroatoms. The van der Waals surface area contributed by atoms with Gasteiger partial charge in [-0.15, -0.1) is 5.10 Å². The number of hydrogen-bond donors (Lipinski definition) is 2. The Hall–Kier alpha value is -2.86. The molecule has 7 nitrogen and oxygen atoms in total. The van der Waals surface area contributed by atoms with Crippen molar-refractivity contribution in [2.45, 2.75) is 38.0 Å². The summed E-state index contributed by atoms with van der Waals surface area (Å²) >= 11 is 5.77. The van der Waals surface area contributed by atoms with Crippen LogP contribution in [0.5, 0.6) is 0 Å². The van der Waals surface area contributed by atoms with Gasteiger partial charge in [-0.3, -0.25) is 9.48 Å². The first kappa shape index (κ1) is 28.7. The largest absolute Gasteiger partial charge is 0.395 e. The normalized spacial score (nSPS) is 18.3. The van der Waals surface area contributed by atoms with Gasteiger partial charge in [0, 0.05) is 32.3 Å². The molecule has 0 radical (unpaired) electrons. The number of aryl methyl sites for hydroxylation is 1. The van der Waals surface area contributed by atoms with E-state index in [4.69, 9.17) is 0 Å². The first-order valence-electron chi connectivity index (χ1n) is 13.1. The van der Waals surface area contributed by atoms with Crippen LogP contribution in [0.1, 0.15) is 41.6 Å². The lowest BCUT2D eigenvalue weighted by atomic mass is 9.83. The van der Waals surface area contributed by atoms with Crippen molar-refractivity contribution < 1.29 is 15.0 Å². The third kappa shape index (κ3) is 5.79. The van der Waals surface area contributed by atoms with Crippen molar-refractivity contribution >= 4 is 50.1 Å². The van der Waals surface area contributed by atoms with E-state index < -0.39 is 11.5 Å². The lowest BCUT2D eigenvalue weighted by Gasteiger charge is -2.27. The van der Waals surface area contributed by atoms with Gasteiger partial charge in [0.15, 0.2) is 5.60 Å². The predicted molar refractivity (Wildman–Crippen MR) is 167 cm³/mol. The maximum absolute atomic E-state index is 13.8. The molecule has 1 aliphatic heterocycles. The highest BCUT2D eigenvalue weighted by molar-refractivity contribution is 14.1. The van der Waals surface area contributed by atoms with E-state index >= 15 is 0 Å². The molecule has 40 heavy (non-hydrogen) atoms. The molecule has 4 aromatic rings. The minimum absolute atomic E-state index is 0.0507. The molecule has 2 heterocycles. The Balaban J connectivity index is 1.28. The van der Waals surface area contributed by atoms with Gasteiger partial charge in [0.2, 0.25) is 0 Å². The van der Waals surface area contributed by atoms with Gasteiger partial charge < -0.3 is 15.1 Å². The molecule has 1 aromatic heterocycles. The molecule has 0 saturated carbocycles. The zero-order chi connectivity index (χ0) is 28.3. The van der Waals surface area contributed by atoms with Gasteiger partial charge in [-0.1, -0.05) is 82.7 Å². The molecule has 0 aliphatic carbocycles.